The van der Waals surface area contributed by atoms with Crippen LogP contribution in [0.4, 0.5) is 11.4 Å². The van der Waals surface area contributed by atoms with Crippen molar-refractivity contribution >= 4 is 69.9 Å². The molecule has 294 valence electrons. The van der Waals surface area contributed by atoms with Crippen LogP contribution in [0.3, 0.4) is 0 Å². The van der Waals surface area contributed by atoms with Crippen LogP contribution in [0.15, 0.2) is 99.5 Å². The zero-order valence-corrected chi connectivity index (χ0v) is 31.4. The van der Waals surface area contributed by atoms with Gasteiger partial charge in [-0.1, -0.05) is 0 Å². The van der Waals surface area contributed by atoms with E-state index >= 15 is 0 Å². The average molecular weight is 774 g/mol. The Kier molecular flexibility index (Phi) is 13.5. The van der Waals surface area contributed by atoms with E-state index in [1.54, 1.807) is 105 Å². The van der Waals surface area contributed by atoms with Crippen molar-refractivity contribution in [1.82, 2.24) is 26.3 Å². The third-order valence-electron chi connectivity index (χ3n) is 7.77. The smallest absolute Gasteiger partial charge is 0.255 e. The Morgan fingerprint density at radius 2 is 0.754 bits per heavy atom. The summed E-state index contributed by atoms with van der Waals surface area (Å²) in [5.41, 5.74) is 36.7. The van der Waals surface area contributed by atoms with Crippen LogP contribution in [0.2, 0.25) is 0 Å². The molecule has 0 unspecified atom stereocenters. The third kappa shape index (κ3) is 12.1. The van der Waals surface area contributed by atoms with Crippen LogP contribution in [0.5, 0.6) is 0 Å². The molecule has 3 aromatic carbocycles. The molecule has 0 aliphatic rings. The normalized spacial score (nSPS) is 11.9. The summed E-state index contributed by atoms with van der Waals surface area (Å²) < 4.78 is 1.75. The molecule has 0 saturated carbocycles. The van der Waals surface area contributed by atoms with Gasteiger partial charge in [-0.2, -0.15) is 20.4 Å². The third-order valence-corrected chi connectivity index (χ3v) is 7.77. The average Bonchev–Trinajstić information content (AvgIpc) is 3.72. The number of hydrogen-bond acceptors (Lipinski definition) is 10. The van der Waals surface area contributed by atoms with Crippen molar-refractivity contribution in [3.05, 3.63) is 113 Å². The highest BCUT2D eigenvalue weighted by Crippen LogP contribution is 2.23. The van der Waals surface area contributed by atoms with E-state index in [4.69, 9.17) is 44.6 Å². The number of rotatable bonds is 13. The second-order valence-electron chi connectivity index (χ2n) is 12.3. The zero-order valence-electron chi connectivity index (χ0n) is 31.4. The molecule has 2 amide bonds. The standard InChI is InChI=1S/C36H43N19O2/c1-18(47-51-33(37)38)22-9-23(19(2)48-52-34(39)40)13-28(12-22)45-31(56)26-11-27(17-30(16-26)55-7-5-6-8-55)32(57)46-29-14-24(20(3)49-53-35(41)42)10-25(15-29)21(4)50-54-36(43)44/h5-17H,1-4H3,(H,45,56)(H,46,57)(H4,37,38,51)(H4,39,40,52)(H4,41,42,53)(H4,43,44,54)/b47-18-,48-19-,49-20-,50-21+. The number of nitrogens with one attached hydrogen (secondary N) is 10. The van der Waals surface area contributed by atoms with Gasteiger partial charge in [0.05, 0.1) is 22.8 Å². The number of nitrogens with zero attached hydrogens (tertiary/aromatic N) is 5. The molecule has 57 heavy (non-hydrogen) atoms. The Labute approximate surface area is 326 Å². The number of aromatic nitrogens is 1. The number of amides is 2. The topological polar surface area (TPSA) is 360 Å². The Balaban J connectivity index is 1.76. The molecule has 0 fully saturated rings. The second kappa shape index (κ2) is 18.6. The number of hydrazone groups is 4. The maximum atomic E-state index is 14.0. The van der Waals surface area contributed by atoms with Gasteiger partial charge in [-0.3, -0.25) is 31.2 Å². The van der Waals surface area contributed by atoms with Gasteiger partial charge in [-0.15, -0.1) is 0 Å². The molecule has 1 heterocycles. The van der Waals surface area contributed by atoms with Gasteiger partial charge < -0.3 is 38.1 Å². The minimum absolute atomic E-state index is 0.150. The van der Waals surface area contributed by atoms with Gasteiger partial charge in [-0.25, -0.2) is 21.7 Å². The first-order valence-electron chi connectivity index (χ1n) is 16.8. The summed E-state index contributed by atoms with van der Waals surface area (Å²) in [6.45, 7) is 6.72. The van der Waals surface area contributed by atoms with E-state index in [2.05, 4.69) is 52.7 Å². The summed E-state index contributed by atoms with van der Waals surface area (Å²) in [5.74, 6) is -2.56. The van der Waals surface area contributed by atoms with Crippen LogP contribution < -0.4 is 55.3 Å². The van der Waals surface area contributed by atoms with Gasteiger partial charge in [0, 0.05) is 62.8 Å². The highest BCUT2D eigenvalue weighted by Gasteiger charge is 2.17. The summed E-state index contributed by atoms with van der Waals surface area (Å²) in [6.07, 6.45) is 3.54. The quantitative estimate of drug-likeness (QED) is 0.0531. The molecule has 21 heteroatoms. The van der Waals surface area contributed by atoms with E-state index in [1.807, 2.05) is 0 Å². The highest BCUT2D eigenvalue weighted by molar-refractivity contribution is 6.12. The SMILES string of the molecule is C/C(=N/NC(=N)N)c1cc(NC(=O)c2cc(C(=O)Nc3cc(/C(C)=N\NC(=N)N)cc(/C(C)=N/NC(=N)N)c3)cc(-n3cccc3)c2)cc(/C(C)=N\NC(=N)N)c1. The first-order valence-corrected chi connectivity index (χ1v) is 16.8. The Bertz CT molecular complexity index is 2110. The van der Waals surface area contributed by atoms with Gasteiger partial charge in [0.15, 0.2) is 0 Å². The monoisotopic (exact) mass is 773 g/mol. The van der Waals surface area contributed by atoms with E-state index in [0.717, 1.165) is 0 Å². The Morgan fingerprint density at radius 3 is 1.04 bits per heavy atom. The van der Waals surface area contributed by atoms with Crippen molar-refractivity contribution in [3.63, 3.8) is 0 Å². The minimum atomic E-state index is -0.548. The molecule has 0 radical (unpaired) electrons. The van der Waals surface area contributed by atoms with Crippen LogP contribution in [0, 0.1) is 21.6 Å². The van der Waals surface area contributed by atoms with E-state index in [0.29, 0.717) is 62.2 Å². The van der Waals surface area contributed by atoms with Gasteiger partial charge >= 0.3 is 0 Å². The first-order chi connectivity index (χ1) is 27.0. The number of guanidine groups is 4. The maximum Gasteiger partial charge on any atom is 0.255 e. The zero-order chi connectivity index (χ0) is 41.8. The van der Waals surface area contributed by atoms with Crippen molar-refractivity contribution in [3.8, 4) is 5.69 Å². The Hall–Kier alpha value is -8.36. The van der Waals surface area contributed by atoms with Crippen LogP contribution in [0.25, 0.3) is 5.69 Å². The predicted octanol–water partition coefficient (Wildman–Crippen LogP) is 1.81. The lowest BCUT2D eigenvalue weighted by Crippen LogP contribution is -2.27. The summed E-state index contributed by atoms with van der Waals surface area (Å²) in [5, 5.41) is 52.1. The molecule has 1 aromatic heterocycles. The summed E-state index contributed by atoms with van der Waals surface area (Å²) in [7, 11) is 0. The van der Waals surface area contributed by atoms with Crippen molar-refractivity contribution in [2.45, 2.75) is 27.7 Å². The van der Waals surface area contributed by atoms with Gasteiger partial charge in [0.2, 0.25) is 23.8 Å². The highest BCUT2D eigenvalue weighted by atomic mass is 16.2. The van der Waals surface area contributed by atoms with Crippen LogP contribution in [-0.4, -0.2) is 63.1 Å². The molecule has 0 saturated heterocycles. The van der Waals surface area contributed by atoms with E-state index in [1.165, 1.54) is 6.07 Å². The van der Waals surface area contributed by atoms with Crippen LogP contribution >= 0.6 is 0 Å². The number of nitrogens with two attached hydrogens (primary N) is 4. The molecule has 0 spiro atoms. The van der Waals surface area contributed by atoms with Crippen molar-refractivity contribution in [2.75, 3.05) is 10.6 Å². The molecular formula is C36H43N19O2. The number of benzene rings is 3. The van der Waals surface area contributed by atoms with Crippen LogP contribution in [0.1, 0.15) is 70.7 Å². The molecule has 0 aliphatic heterocycles. The molecular weight excluding hydrogens is 731 g/mol. The van der Waals surface area contributed by atoms with Crippen molar-refractivity contribution in [1.29, 1.82) is 21.6 Å². The lowest BCUT2D eigenvalue weighted by atomic mass is 10.0. The lowest BCUT2D eigenvalue weighted by molar-refractivity contribution is 0.102. The van der Waals surface area contributed by atoms with Crippen molar-refractivity contribution in [2.24, 2.45) is 43.3 Å². The van der Waals surface area contributed by atoms with E-state index in [-0.39, 0.29) is 35.0 Å². The largest absolute Gasteiger partial charge is 0.369 e. The fourth-order valence-corrected chi connectivity index (χ4v) is 5.01. The molecule has 4 rings (SSSR count). The van der Waals surface area contributed by atoms with Crippen LogP contribution in [-0.2, 0) is 0 Å². The lowest BCUT2D eigenvalue weighted by Gasteiger charge is -2.15. The number of hydrogen-bond donors (Lipinski definition) is 14. The van der Waals surface area contributed by atoms with E-state index < -0.39 is 11.8 Å². The predicted molar refractivity (Wildman–Crippen MR) is 224 cm³/mol. The molecule has 0 bridgehead atoms. The van der Waals surface area contributed by atoms with Gasteiger partial charge in [0.25, 0.3) is 11.8 Å². The van der Waals surface area contributed by atoms with Gasteiger partial charge in [-0.05, 0) is 94.4 Å². The molecule has 4 aromatic rings. The molecule has 18 N–H and O–H groups in total. The number of carbonyl (C=O) groups is 2. The fraction of sp³-hybridized carbons (Fsp3) is 0.111. The maximum absolute atomic E-state index is 14.0. The minimum Gasteiger partial charge on any atom is -0.369 e. The number of carbonyl (C=O) groups excluding carboxylic acids is 2. The summed E-state index contributed by atoms with van der Waals surface area (Å²) in [4.78, 5) is 28.0. The summed E-state index contributed by atoms with van der Waals surface area (Å²) >= 11 is 0. The summed E-state index contributed by atoms with van der Waals surface area (Å²) in [6, 6.07) is 18.5. The molecule has 21 nitrogen and oxygen atoms in total. The first kappa shape index (κ1) is 41.4. The fourth-order valence-electron chi connectivity index (χ4n) is 5.01. The van der Waals surface area contributed by atoms with E-state index in [9.17, 15) is 9.59 Å². The second-order valence-corrected chi connectivity index (χ2v) is 12.3. The van der Waals surface area contributed by atoms with Crippen molar-refractivity contribution < 1.29 is 9.59 Å². The number of anilines is 2. The Morgan fingerprint density at radius 1 is 0.474 bits per heavy atom. The molecule has 0 atom stereocenters. The van der Waals surface area contributed by atoms with Gasteiger partial charge in [0.1, 0.15) is 0 Å². The molecule has 0 aliphatic carbocycles.